The Balaban J connectivity index is 2.33. The highest BCUT2D eigenvalue weighted by molar-refractivity contribution is 9.10. The fourth-order valence-corrected chi connectivity index (χ4v) is 2.42. The average molecular weight is 331 g/mol. The molecule has 0 unspecified atom stereocenters. The summed E-state index contributed by atoms with van der Waals surface area (Å²) in [7, 11) is 0. The second kappa shape index (κ2) is 7.09. The molecule has 0 bridgehead atoms. The second-order valence-electron chi connectivity index (χ2n) is 4.40. The Hall–Kier alpha value is -1.83. The van der Waals surface area contributed by atoms with Crippen molar-refractivity contribution < 1.29 is 5.11 Å². The van der Waals surface area contributed by atoms with Gasteiger partial charge in [0.1, 0.15) is 6.07 Å². The minimum Gasteiger partial charge on any atom is -0.395 e. The molecule has 102 valence electrons. The van der Waals surface area contributed by atoms with E-state index in [1.54, 1.807) is 6.07 Å². The predicted molar refractivity (Wildman–Crippen MR) is 83.4 cm³/mol. The van der Waals surface area contributed by atoms with Crippen LogP contribution in [0.25, 0.3) is 0 Å². The molecular formula is C16H15BrN2O. The number of nitrogens with zero attached hydrogens (tertiary/aromatic N) is 2. The Morgan fingerprint density at radius 2 is 1.90 bits per heavy atom. The molecule has 0 aliphatic heterocycles. The fraction of sp³-hybridized carbons (Fsp3) is 0.188. The summed E-state index contributed by atoms with van der Waals surface area (Å²) in [4.78, 5) is 2.01. The van der Waals surface area contributed by atoms with Crippen molar-refractivity contribution in [2.75, 3.05) is 18.1 Å². The molecule has 0 spiro atoms. The van der Waals surface area contributed by atoms with Crippen LogP contribution in [0.2, 0.25) is 0 Å². The van der Waals surface area contributed by atoms with Crippen LogP contribution in [0.15, 0.2) is 53.0 Å². The van der Waals surface area contributed by atoms with Gasteiger partial charge in [0.25, 0.3) is 0 Å². The predicted octanol–water partition coefficient (Wildman–Crippen LogP) is 3.32. The van der Waals surface area contributed by atoms with Gasteiger partial charge >= 0.3 is 0 Å². The van der Waals surface area contributed by atoms with Crippen molar-refractivity contribution in [3.8, 4) is 6.07 Å². The van der Waals surface area contributed by atoms with Crippen molar-refractivity contribution in [3.05, 3.63) is 64.1 Å². The number of anilines is 1. The molecule has 0 saturated carbocycles. The molecule has 0 saturated heterocycles. The van der Waals surface area contributed by atoms with E-state index in [1.807, 2.05) is 47.4 Å². The minimum absolute atomic E-state index is 0.0458. The number of halogens is 1. The van der Waals surface area contributed by atoms with Gasteiger partial charge in [-0.25, -0.2) is 0 Å². The zero-order chi connectivity index (χ0) is 14.4. The standard InChI is InChI=1S/C16H15BrN2O/c17-15-7-6-14(11-18)16(10-15)19(8-9-20)12-13-4-2-1-3-5-13/h1-7,10,20H,8-9,12H2. The highest BCUT2D eigenvalue weighted by Crippen LogP contribution is 2.26. The van der Waals surface area contributed by atoms with Crippen LogP contribution in [0, 0.1) is 11.3 Å². The Labute approximate surface area is 127 Å². The molecule has 0 amide bonds. The summed E-state index contributed by atoms with van der Waals surface area (Å²) >= 11 is 3.43. The van der Waals surface area contributed by atoms with Crippen molar-refractivity contribution in [3.63, 3.8) is 0 Å². The van der Waals surface area contributed by atoms with Crippen molar-refractivity contribution in [2.45, 2.75) is 6.54 Å². The van der Waals surface area contributed by atoms with E-state index in [1.165, 1.54) is 0 Å². The van der Waals surface area contributed by atoms with Gasteiger partial charge in [0.15, 0.2) is 0 Å². The van der Waals surface area contributed by atoms with Crippen molar-refractivity contribution >= 4 is 21.6 Å². The second-order valence-corrected chi connectivity index (χ2v) is 5.32. The Kier molecular flexibility index (Phi) is 5.16. The molecular weight excluding hydrogens is 316 g/mol. The number of nitriles is 1. The van der Waals surface area contributed by atoms with E-state index in [4.69, 9.17) is 0 Å². The molecule has 0 fully saturated rings. The molecule has 2 rings (SSSR count). The first-order chi connectivity index (χ1) is 9.74. The maximum Gasteiger partial charge on any atom is 0.101 e. The molecule has 4 heteroatoms. The quantitative estimate of drug-likeness (QED) is 0.914. The van der Waals surface area contributed by atoms with E-state index in [0.29, 0.717) is 18.7 Å². The summed E-state index contributed by atoms with van der Waals surface area (Å²) in [6.07, 6.45) is 0. The molecule has 20 heavy (non-hydrogen) atoms. The Bertz CT molecular complexity index is 608. The number of rotatable bonds is 5. The minimum atomic E-state index is 0.0458. The Morgan fingerprint density at radius 1 is 1.15 bits per heavy atom. The van der Waals surface area contributed by atoms with Gasteiger partial charge in [-0.15, -0.1) is 0 Å². The van der Waals surface area contributed by atoms with Crippen molar-refractivity contribution in [1.29, 1.82) is 5.26 Å². The van der Waals surface area contributed by atoms with Gasteiger partial charge in [0.2, 0.25) is 0 Å². The van der Waals surface area contributed by atoms with Gasteiger partial charge in [0.05, 0.1) is 17.9 Å². The Morgan fingerprint density at radius 3 is 2.55 bits per heavy atom. The van der Waals surface area contributed by atoms with E-state index < -0.39 is 0 Å². The highest BCUT2D eigenvalue weighted by atomic mass is 79.9. The van der Waals surface area contributed by atoms with E-state index in [9.17, 15) is 10.4 Å². The molecule has 2 aromatic carbocycles. The van der Waals surface area contributed by atoms with Gasteiger partial charge < -0.3 is 10.0 Å². The molecule has 0 aromatic heterocycles. The number of aliphatic hydroxyl groups excluding tert-OH is 1. The van der Waals surface area contributed by atoms with Crippen molar-refractivity contribution in [2.24, 2.45) is 0 Å². The number of benzene rings is 2. The first-order valence-corrected chi connectivity index (χ1v) is 7.13. The largest absolute Gasteiger partial charge is 0.395 e. The molecule has 2 aromatic rings. The third-order valence-corrected chi connectivity index (χ3v) is 3.50. The smallest absolute Gasteiger partial charge is 0.101 e. The SMILES string of the molecule is N#Cc1ccc(Br)cc1N(CCO)Cc1ccccc1. The monoisotopic (exact) mass is 330 g/mol. The molecule has 3 nitrogen and oxygen atoms in total. The van der Waals surface area contributed by atoms with Crippen LogP contribution in [0.1, 0.15) is 11.1 Å². The summed E-state index contributed by atoms with van der Waals surface area (Å²) < 4.78 is 0.919. The van der Waals surface area contributed by atoms with E-state index in [-0.39, 0.29) is 6.61 Å². The number of hydrogen-bond acceptors (Lipinski definition) is 3. The summed E-state index contributed by atoms with van der Waals surface area (Å²) in [5, 5.41) is 18.5. The molecule has 0 aliphatic rings. The topological polar surface area (TPSA) is 47.3 Å². The van der Waals surface area contributed by atoms with Crippen LogP contribution in [0.3, 0.4) is 0 Å². The van der Waals surface area contributed by atoms with Gasteiger partial charge in [0, 0.05) is 17.6 Å². The first kappa shape index (κ1) is 14.6. The first-order valence-electron chi connectivity index (χ1n) is 6.34. The zero-order valence-corrected chi connectivity index (χ0v) is 12.5. The molecule has 0 aliphatic carbocycles. The molecule has 0 heterocycles. The maximum atomic E-state index is 9.27. The lowest BCUT2D eigenvalue weighted by atomic mass is 10.1. The normalized spacial score (nSPS) is 10.1. The molecule has 0 atom stereocenters. The van der Waals surface area contributed by atoms with Gasteiger partial charge in [-0.05, 0) is 23.8 Å². The third-order valence-electron chi connectivity index (χ3n) is 3.01. The van der Waals surface area contributed by atoms with Crippen LogP contribution in [0.5, 0.6) is 0 Å². The van der Waals surface area contributed by atoms with Crippen LogP contribution in [0.4, 0.5) is 5.69 Å². The zero-order valence-electron chi connectivity index (χ0n) is 11.0. The van der Waals surface area contributed by atoms with E-state index in [0.717, 1.165) is 15.7 Å². The van der Waals surface area contributed by atoms with Gasteiger partial charge in [-0.2, -0.15) is 5.26 Å². The summed E-state index contributed by atoms with van der Waals surface area (Å²) in [6.45, 7) is 1.19. The number of hydrogen-bond donors (Lipinski definition) is 1. The maximum absolute atomic E-state index is 9.27. The van der Waals surface area contributed by atoms with Crippen LogP contribution in [-0.2, 0) is 6.54 Å². The van der Waals surface area contributed by atoms with Gasteiger partial charge in [-0.3, -0.25) is 0 Å². The van der Waals surface area contributed by atoms with E-state index in [2.05, 4.69) is 22.0 Å². The lowest BCUT2D eigenvalue weighted by molar-refractivity contribution is 0.301. The lowest BCUT2D eigenvalue weighted by Crippen LogP contribution is -2.26. The summed E-state index contributed by atoms with van der Waals surface area (Å²) in [5.74, 6) is 0. The van der Waals surface area contributed by atoms with Crippen LogP contribution >= 0.6 is 15.9 Å². The summed E-state index contributed by atoms with van der Waals surface area (Å²) in [6, 6.07) is 17.8. The van der Waals surface area contributed by atoms with Crippen LogP contribution < -0.4 is 4.90 Å². The van der Waals surface area contributed by atoms with Crippen LogP contribution in [-0.4, -0.2) is 18.3 Å². The van der Waals surface area contributed by atoms with E-state index >= 15 is 0 Å². The fourth-order valence-electron chi connectivity index (χ4n) is 2.07. The molecule has 0 radical (unpaired) electrons. The lowest BCUT2D eigenvalue weighted by Gasteiger charge is -2.25. The molecule has 1 N–H and O–H groups in total. The third kappa shape index (κ3) is 3.60. The van der Waals surface area contributed by atoms with Gasteiger partial charge in [-0.1, -0.05) is 46.3 Å². The highest BCUT2D eigenvalue weighted by Gasteiger charge is 2.12. The summed E-state index contributed by atoms with van der Waals surface area (Å²) in [5.41, 5.74) is 2.59. The number of aliphatic hydroxyl groups is 1. The van der Waals surface area contributed by atoms with Crippen molar-refractivity contribution in [1.82, 2.24) is 0 Å². The average Bonchev–Trinajstić information content (AvgIpc) is 2.48.